The van der Waals surface area contributed by atoms with E-state index in [0.717, 1.165) is 36.0 Å². The van der Waals surface area contributed by atoms with Crippen LogP contribution in [0, 0.1) is 46.3 Å². The Labute approximate surface area is 166 Å². The lowest BCUT2D eigenvalue weighted by molar-refractivity contribution is -0.141. The summed E-state index contributed by atoms with van der Waals surface area (Å²) in [6, 6.07) is 0. The third-order valence-corrected chi connectivity index (χ3v) is 9.86. The smallest absolute Gasteiger partial charge is 0.305 e. The van der Waals surface area contributed by atoms with Crippen LogP contribution in [-0.2, 0) is 9.53 Å². The van der Waals surface area contributed by atoms with E-state index in [-0.39, 0.29) is 5.97 Å². The third kappa shape index (κ3) is 3.10. The summed E-state index contributed by atoms with van der Waals surface area (Å²) in [6.45, 7) is 7.62. The van der Waals surface area contributed by atoms with E-state index >= 15 is 0 Å². The van der Waals surface area contributed by atoms with Crippen LogP contribution in [0.15, 0.2) is 12.2 Å². The predicted octanol–water partition coefficient (Wildman–Crippen LogP) is 6.40. The van der Waals surface area contributed by atoms with Crippen molar-refractivity contribution in [2.45, 2.75) is 85.0 Å². The lowest BCUT2D eigenvalue weighted by Crippen LogP contribution is -2.51. The first kappa shape index (κ1) is 19.5. The Bertz CT molecular complexity index is 595. The first-order chi connectivity index (χ1) is 12.9. The Morgan fingerprint density at radius 2 is 1.81 bits per heavy atom. The van der Waals surface area contributed by atoms with Gasteiger partial charge < -0.3 is 4.74 Å². The van der Waals surface area contributed by atoms with E-state index in [1.165, 1.54) is 58.5 Å². The number of allylic oxidation sites excluding steroid dienone is 2. The highest BCUT2D eigenvalue weighted by Crippen LogP contribution is 2.66. The number of rotatable bonds is 4. The number of carbonyl (C=O) groups excluding carboxylic acids is 1. The molecule has 0 N–H and O–H groups in total. The maximum Gasteiger partial charge on any atom is 0.305 e. The molecule has 0 unspecified atom stereocenters. The number of fused-ring (bicyclic) bond motifs is 5. The van der Waals surface area contributed by atoms with Crippen LogP contribution in [0.25, 0.3) is 0 Å². The standard InChI is InChI=1S/C25H40O2/c1-17(8-13-23(26)27-4)20-11-12-21-19-10-9-18-7-5-6-15-24(18,2)22(19)14-16-25(20,21)3/h9-10,17-22H,5-8,11-16H2,1-4H3/t17-,18+,19+,20-,21+,22+,24-,25+/m0/s1. The summed E-state index contributed by atoms with van der Waals surface area (Å²) in [5, 5.41) is 0. The van der Waals surface area contributed by atoms with Crippen molar-refractivity contribution in [3.63, 3.8) is 0 Å². The van der Waals surface area contributed by atoms with Gasteiger partial charge in [0.15, 0.2) is 0 Å². The highest BCUT2D eigenvalue weighted by Gasteiger charge is 2.58. The number of esters is 1. The van der Waals surface area contributed by atoms with Crippen molar-refractivity contribution in [2.75, 3.05) is 7.11 Å². The van der Waals surface area contributed by atoms with E-state index in [4.69, 9.17) is 4.74 Å². The van der Waals surface area contributed by atoms with E-state index in [0.29, 0.717) is 23.2 Å². The van der Waals surface area contributed by atoms with Crippen molar-refractivity contribution < 1.29 is 9.53 Å². The fourth-order valence-electron chi connectivity index (χ4n) is 8.28. The van der Waals surface area contributed by atoms with E-state index in [1.54, 1.807) is 0 Å². The molecule has 0 aromatic carbocycles. The van der Waals surface area contributed by atoms with Crippen molar-refractivity contribution in [1.29, 1.82) is 0 Å². The molecule has 0 bridgehead atoms. The van der Waals surface area contributed by atoms with Crippen molar-refractivity contribution in [3.05, 3.63) is 12.2 Å². The number of methoxy groups -OCH3 is 1. The van der Waals surface area contributed by atoms with Crippen LogP contribution in [-0.4, -0.2) is 13.1 Å². The number of ether oxygens (including phenoxy) is 1. The third-order valence-electron chi connectivity index (χ3n) is 9.86. The van der Waals surface area contributed by atoms with E-state index < -0.39 is 0 Å². The molecule has 0 spiro atoms. The van der Waals surface area contributed by atoms with Crippen molar-refractivity contribution in [1.82, 2.24) is 0 Å². The lowest BCUT2D eigenvalue weighted by atomic mass is 9.46. The first-order valence-electron chi connectivity index (χ1n) is 11.7. The Kier molecular flexibility index (Phi) is 5.23. The maximum atomic E-state index is 11.6. The molecule has 3 fully saturated rings. The number of carbonyl (C=O) groups is 1. The zero-order valence-corrected chi connectivity index (χ0v) is 18.0. The van der Waals surface area contributed by atoms with Crippen LogP contribution < -0.4 is 0 Å². The van der Waals surface area contributed by atoms with E-state index in [1.807, 2.05) is 0 Å². The van der Waals surface area contributed by atoms with Gasteiger partial charge in [-0.25, -0.2) is 0 Å². The van der Waals surface area contributed by atoms with Crippen molar-refractivity contribution in [3.8, 4) is 0 Å². The van der Waals surface area contributed by atoms with Crippen LogP contribution >= 0.6 is 0 Å². The van der Waals surface area contributed by atoms with Gasteiger partial charge in [0.05, 0.1) is 7.11 Å². The minimum absolute atomic E-state index is 0.0447. The zero-order chi connectivity index (χ0) is 19.2. The molecule has 27 heavy (non-hydrogen) atoms. The van der Waals surface area contributed by atoms with Gasteiger partial charge in [-0.2, -0.15) is 0 Å². The molecule has 0 radical (unpaired) electrons. The largest absolute Gasteiger partial charge is 0.469 e. The summed E-state index contributed by atoms with van der Waals surface area (Å²) >= 11 is 0. The molecular weight excluding hydrogens is 332 g/mol. The average molecular weight is 373 g/mol. The molecule has 0 heterocycles. The molecule has 4 aliphatic rings. The molecule has 0 aliphatic heterocycles. The van der Waals surface area contributed by atoms with E-state index in [2.05, 4.69) is 32.9 Å². The molecule has 4 rings (SSSR count). The molecule has 2 heteroatoms. The van der Waals surface area contributed by atoms with Crippen molar-refractivity contribution in [2.24, 2.45) is 46.3 Å². The van der Waals surface area contributed by atoms with E-state index in [9.17, 15) is 4.79 Å². The second kappa shape index (κ2) is 7.23. The Morgan fingerprint density at radius 3 is 2.59 bits per heavy atom. The fourth-order valence-corrected chi connectivity index (χ4v) is 8.28. The van der Waals surface area contributed by atoms with Crippen LogP contribution in [0.4, 0.5) is 0 Å². The molecule has 8 atom stereocenters. The molecule has 3 saturated carbocycles. The van der Waals surface area contributed by atoms with Gasteiger partial charge >= 0.3 is 5.97 Å². The monoisotopic (exact) mass is 372 g/mol. The van der Waals surface area contributed by atoms with Gasteiger partial charge in [-0.1, -0.05) is 45.8 Å². The quantitative estimate of drug-likeness (QED) is 0.421. The molecule has 0 aromatic heterocycles. The Balaban J connectivity index is 1.52. The summed E-state index contributed by atoms with van der Waals surface area (Å²) in [7, 11) is 1.51. The van der Waals surface area contributed by atoms with Gasteiger partial charge in [0.25, 0.3) is 0 Å². The van der Waals surface area contributed by atoms with Gasteiger partial charge in [-0.15, -0.1) is 0 Å². The molecule has 0 saturated heterocycles. The Morgan fingerprint density at radius 1 is 1.04 bits per heavy atom. The molecule has 4 aliphatic carbocycles. The average Bonchev–Trinajstić information content (AvgIpc) is 3.02. The summed E-state index contributed by atoms with van der Waals surface area (Å²) in [5.41, 5.74) is 1.03. The number of hydrogen-bond acceptors (Lipinski definition) is 2. The molecule has 0 amide bonds. The minimum Gasteiger partial charge on any atom is -0.469 e. The van der Waals surface area contributed by atoms with Gasteiger partial charge in [0.1, 0.15) is 0 Å². The SMILES string of the molecule is COC(=O)CC[C@H](C)[C@@H]1CC[C@@H]2[C@H]3C=C[C@H]4CCCC[C@]4(C)[C@@H]3CC[C@@]21C. The molecule has 2 nitrogen and oxygen atoms in total. The normalized spacial score (nSPS) is 46.9. The predicted molar refractivity (Wildman–Crippen MR) is 110 cm³/mol. The highest BCUT2D eigenvalue weighted by atomic mass is 16.5. The first-order valence-corrected chi connectivity index (χ1v) is 11.7. The molecule has 0 aromatic rings. The fraction of sp³-hybridized carbons (Fsp3) is 0.880. The van der Waals surface area contributed by atoms with Crippen LogP contribution in [0.1, 0.15) is 85.0 Å². The summed E-state index contributed by atoms with van der Waals surface area (Å²) in [5.74, 6) is 4.78. The topological polar surface area (TPSA) is 26.3 Å². The molecule has 152 valence electrons. The Hall–Kier alpha value is -0.790. The number of hydrogen-bond donors (Lipinski definition) is 0. The molecular formula is C25H40O2. The van der Waals surface area contributed by atoms with Gasteiger partial charge in [0.2, 0.25) is 0 Å². The van der Waals surface area contributed by atoms with Crippen LogP contribution in [0.5, 0.6) is 0 Å². The second-order valence-corrected chi connectivity index (χ2v) is 10.9. The van der Waals surface area contributed by atoms with Gasteiger partial charge in [0, 0.05) is 6.42 Å². The van der Waals surface area contributed by atoms with Crippen LogP contribution in [0.3, 0.4) is 0 Å². The highest BCUT2D eigenvalue weighted by molar-refractivity contribution is 5.69. The van der Waals surface area contributed by atoms with Crippen LogP contribution in [0.2, 0.25) is 0 Å². The van der Waals surface area contributed by atoms with Crippen molar-refractivity contribution >= 4 is 5.97 Å². The lowest BCUT2D eigenvalue weighted by Gasteiger charge is -2.58. The maximum absolute atomic E-state index is 11.6. The summed E-state index contributed by atoms with van der Waals surface area (Å²) in [6.07, 6.45) is 18.2. The second-order valence-electron chi connectivity index (χ2n) is 10.9. The summed E-state index contributed by atoms with van der Waals surface area (Å²) < 4.78 is 4.88. The van der Waals surface area contributed by atoms with Gasteiger partial charge in [-0.05, 0) is 91.3 Å². The van der Waals surface area contributed by atoms with Gasteiger partial charge in [-0.3, -0.25) is 4.79 Å². The zero-order valence-electron chi connectivity index (χ0n) is 18.0. The summed E-state index contributed by atoms with van der Waals surface area (Å²) in [4.78, 5) is 11.6. The minimum atomic E-state index is -0.0447.